The predicted molar refractivity (Wildman–Crippen MR) is 116 cm³/mol. The molecular formula is C23H28N4O3. The zero-order valence-corrected chi connectivity index (χ0v) is 17.3. The van der Waals surface area contributed by atoms with Crippen molar-refractivity contribution in [2.75, 3.05) is 38.6 Å². The van der Waals surface area contributed by atoms with Crippen molar-refractivity contribution in [3.8, 4) is 5.75 Å². The van der Waals surface area contributed by atoms with Gasteiger partial charge in [-0.15, -0.1) is 0 Å². The first-order valence-electron chi connectivity index (χ1n) is 10.4. The molecule has 0 saturated carbocycles. The lowest BCUT2D eigenvalue weighted by Crippen LogP contribution is -2.49. The number of hydrogen-bond donors (Lipinski definition) is 1. The summed E-state index contributed by atoms with van der Waals surface area (Å²) in [6.07, 6.45) is 1.60. The molecule has 0 atom stereocenters. The topological polar surface area (TPSA) is 65.1 Å². The van der Waals surface area contributed by atoms with Crippen LogP contribution < -0.4 is 10.1 Å². The summed E-state index contributed by atoms with van der Waals surface area (Å²) in [7, 11) is 1.60. The molecule has 30 heavy (non-hydrogen) atoms. The van der Waals surface area contributed by atoms with E-state index in [1.165, 1.54) is 0 Å². The molecule has 2 aliphatic heterocycles. The highest BCUT2D eigenvalue weighted by atomic mass is 16.5. The second-order valence-electron chi connectivity index (χ2n) is 7.76. The number of hydrogen-bond acceptors (Lipinski definition) is 3. The van der Waals surface area contributed by atoms with E-state index >= 15 is 0 Å². The first-order chi connectivity index (χ1) is 14.6. The van der Waals surface area contributed by atoms with Gasteiger partial charge in [-0.25, -0.2) is 9.59 Å². The number of amides is 4. The lowest BCUT2D eigenvalue weighted by Gasteiger charge is -2.36. The molecule has 0 spiro atoms. The van der Waals surface area contributed by atoms with Crippen LogP contribution in [-0.4, -0.2) is 66.1 Å². The molecule has 0 aliphatic carbocycles. The minimum Gasteiger partial charge on any atom is -0.497 e. The minimum atomic E-state index is -0.111. The van der Waals surface area contributed by atoms with Crippen LogP contribution in [0.25, 0.3) is 0 Å². The normalized spacial score (nSPS) is 17.4. The summed E-state index contributed by atoms with van der Waals surface area (Å²) in [5, 5.41) is 2.93. The number of ether oxygens (including phenoxy) is 1. The third-order valence-electron chi connectivity index (χ3n) is 5.86. The van der Waals surface area contributed by atoms with E-state index in [2.05, 4.69) is 17.4 Å². The van der Waals surface area contributed by atoms with Gasteiger partial charge in [0.25, 0.3) is 0 Å². The Bertz CT molecular complexity index is 881. The Morgan fingerprint density at radius 2 is 1.80 bits per heavy atom. The van der Waals surface area contributed by atoms with Crippen LogP contribution in [0.2, 0.25) is 0 Å². The maximum absolute atomic E-state index is 12.9. The van der Waals surface area contributed by atoms with Gasteiger partial charge in [0.05, 0.1) is 7.11 Å². The summed E-state index contributed by atoms with van der Waals surface area (Å²) in [5.74, 6) is 0.708. The summed E-state index contributed by atoms with van der Waals surface area (Å²) < 4.78 is 5.20. The Morgan fingerprint density at radius 1 is 1.03 bits per heavy atom. The number of carbonyl (C=O) groups is 2. The average molecular weight is 409 g/mol. The Kier molecular flexibility index (Phi) is 6.07. The maximum Gasteiger partial charge on any atom is 0.321 e. The van der Waals surface area contributed by atoms with Crippen molar-refractivity contribution in [2.45, 2.75) is 25.4 Å². The molecule has 7 heteroatoms. The van der Waals surface area contributed by atoms with E-state index in [0.717, 1.165) is 31.5 Å². The average Bonchev–Trinajstić information content (AvgIpc) is 3.14. The molecule has 4 rings (SSSR count). The fourth-order valence-corrected chi connectivity index (χ4v) is 4.17. The second kappa shape index (κ2) is 9.07. The molecular weight excluding hydrogens is 380 g/mol. The predicted octanol–water partition coefficient (Wildman–Crippen LogP) is 3.63. The van der Waals surface area contributed by atoms with Gasteiger partial charge in [-0.05, 0) is 30.5 Å². The van der Waals surface area contributed by atoms with E-state index in [1.807, 2.05) is 51.1 Å². The molecule has 1 N–H and O–H groups in total. The van der Waals surface area contributed by atoms with Gasteiger partial charge in [-0.1, -0.05) is 36.4 Å². The number of methoxy groups -OCH3 is 1. The van der Waals surface area contributed by atoms with Gasteiger partial charge >= 0.3 is 12.1 Å². The molecule has 4 amide bonds. The number of piperidine rings is 1. The highest BCUT2D eigenvalue weighted by molar-refractivity contribution is 5.89. The minimum absolute atomic E-state index is 0.109. The second-order valence-corrected chi connectivity index (χ2v) is 7.76. The van der Waals surface area contributed by atoms with Crippen molar-refractivity contribution < 1.29 is 14.3 Å². The number of rotatable bonds is 5. The van der Waals surface area contributed by atoms with E-state index in [-0.39, 0.29) is 18.1 Å². The molecule has 2 aliphatic rings. The molecule has 2 saturated heterocycles. The van der Waals surface area contributed by atoms with Gasteiger partial charge in [0, 0.05) is 50.5 Å². The van der Waals surface area contributed by atoms with Crippen LogP contribution >= 0.6 is 0 Å². The van der Waals surface area contributed by atoms with Crippen LogP contribution in [0, 0.1) is 0 Å². The summed E-state index contributed by atoms with van der Waals surface area (Å²) in [5.41, 5.74) is 1.87. The Hall–Kier alpha value is -3.22. The van der Waals surface area contributed by atoms with Crippen molar-refractivity contribution in [1.82, 2.24) is 14.7 Å². The van der Waals surface area contributed by atoms with Crippen molar-refractivity contribution in [1.29, 1.82) is 0 Å². The van der Waals surface area contributed by atoms with E-state index in [4.69, 9.17) is 4.74 Å². The summed E-state index contributed by atoms with van der Waals surface area (Å²) >= 11 is 0. The number of nitrogens with one attached hydrogen (secondary N) is 1. The molecule has 7 nitrogen and oxygen atoms in total. The van der Waals surface area contributed by atoms with Gasteiger partial charge in [-0.2, -0.15) is 0 Å². The molecule has 0 aromatic heterocycles. The van der Waals surface area contributed by atoms with Crippen LogP contribution in [0.15, 0.2) is 54.6 Å². The third-order valence-corrected chi connectivity index (χ3v) is 5.86. The smallest absolute Gasteiger partial charge is 0.321 e. The lowest BCUT2D eigenvalue weighted by atomic mass is 10.0. The fourth-order valence-electron chi connectivity index (χ4n) is 4.17. The zero-order chi connectivity index (χ0) is 20.9. The molecule has 0 radical (unpaired) electrons. The first kappa shape index (κ1) is 20.1. The van der Waals surface area contributed by atoms with Crippen molar-refractivity contribution in [2.24, 2.45) is 0 Å². The molecule has 158 valence electrons. The SMILES string of the molecule is COc1cccc(NC(=O)N2CCC(N3CCN(Cc4ccccc4)C3=O)CC2)c1. The van der Waals surface area contributed by atoms with Crippen LogP contribution in [0.1, 0.15) is 18.4 Å². The van der Waals surface area contributed by atoms with Crippen LogP contribution in [0.3, 0.4) is 0 Å². The summed E-state index contributed by atoms with van der Waals surface area (Å²) in [6.45, 7) is 3.44. The summed E-state index contributed by atoms with van der Waals surface area (Å²) in [6, 6.07) is 17.6. The molecule has 0 bridgehead atoms. The Balaban J connectivity index is 1.28. The highest BCUT2D eigenvalue weighted by Crippen LogP contribution is 2.24. The van der Waals surface area contributed by atoms with E-state index in [0.29, 0.717) is 31.1 Å². The van der Waals surface area contributed by atoms with E-state index in [9.17, 15) is 9.59 Å². The Labute approximate surface area is 177 Å². The van der Waals surface area contributed by atoms with Gasteiger partial charge in [-0.3, -0.25) is 0 Å². The number of urea groups is 2. The van der Waals surface area contributed by atoms with Gasteiger partial charge in [0.1, 0.15) is 5.75 Å². The van der Waals surface area contributed by atoms with Crippen LogP contribution in [0.5, 0.6) is 5.75 Å². The van der Waals surface area contributed by atoms with Crippen molar-refractivity contribution >= 4 is 17.7 Å². The van der Waals surface area contributed by atoms with Crippen LogP contribution in [0.4, 0.5) is 15.3 Å². The molecule has 2 aromatic rings. The van der Waals surface area contributed by atoms with Crippen LogP contribution in [-0.2, 0) is 6.54 Å². The maximum atomic E-state index is 12.9. The standard InChI is InChI=1S/C23H28N4O3/c1-30-21-9-5-8-19(16-21)24-22(28)25-12-10-20(11-13-25)27-15-14-26(23(27)29)17-18-6-3-2-4-7-18/h2-9,16,20H,10-15,17H2,1H3,(H,24,28). The number of likely N-dealkylation sites (tertiary alicyclic amines) is 1. The van der Waals surface area contributed by atoms with Crippen molar-refractivity contribution in [3.05, 3.63) is 60.2 Å². The monoisotopic (exact) mass is 408 g/mol. The van der Waals surface area contributed by atoms with Gasteiger partial charge in [0.2, 0.25) is 0 Å². The largest absolute Gasteiger partial charge is 0.497 e. The lowest BCUT2D eigenvalue weighted by molar-refractivity contribution is 0.139. The summed E-state index contributed by atoms with van der Waals surface area (Å²) in [4.78, 5) is 31.2. The highest BCUT2D eigenvalue weighted by Gasteiger charge is 2.35. The molecule has 2 fully saturated rings. The quantitative estimate of drug-likeness (QED) is 0.822. The molecule has 2 heterocycles. The molecule has 0 unspecified atom stereocenters. The van der Waals surface area contributed by atoms with E-state index < -0.39 is 0 Å². The van der Waals surface area contributed by atoms with E-state index in [1.54, 1.807) is 13.2 Å². The molecule has 2 aromatic carbocycles. The number of benzene rings is 2. The van der Waals surface area contributed by atoms with Crippen molar-refractivity contribution in [3.63, 3.8) is 0 Å². The van der Waals surface area contributed by atoms with Gasteiger partial charge < -0.3 is 24.8 Å². The zero-order valence-electron chi connectivity index (χ0n) is 17.3. The number of carbonyl (C=O) groups excluding carboxylic acids is 2. The first-order valence-corrected chi connectivity index (χ1v) is 10.4. The number of anilines is 1. The van der Waals surface area contributed by atoms with Gasteiger partial charge in [0.15, 0.2) is 0 Å². The third kappa shape index (κ3) is 4.50. The Morgan fingerprint density at radius 3 is 2.53 bits per heavy atom. The number of nitrogens with zero attached hydrogens (tertiary/aromatic N) is 3. The fraction of sp³-hybridized carbons (Fsp3) is 0.391.